The maximum absolute atomic E-state index is 11.8. The molecule has 0 aliphatic rings. The molecule has 0 radical (unpaired) electrons. The van der Waals surface area contributed by atoms with Crippen molar-refractivity contribution in [2.24, 2.45) is 0 Å². The van der Waals surface area contributed by atoms with Crippen LogP contribution in [0.4, 0.5) is 10.5 Å². The molecule has 0 aromatic heterocycles. The van der Waals surface area contributed by atoms with Gasteiger partial charge in [0.25, 0.3) is 0 Å². The number of amides is 2. The minimum atomic E-state index is -1.08. The third-order valence-corrected chi connectivity index (χ3v) is 3.33. The lowest BCUT2D eigenvalue weighted by atomic mass is 10.2. The summed E-state index contributed by atoms with van der Waals surface area (Å²) in [5.41, 5.74) is 0.328. The topological polar surface area (TPSA) is 87.7 Å². The Morgan fingerprint density at radius 2 is 2.15 bits per heavy atom. The minimum absolute atomic E-state index is 0.0619. The van der Waals surface area contributed by atoms with E-state index in [9.17, 15) is 9.59 Å². The van der Waals surface area contributed by atoms with Crippen LogP contribution >= 0.6 is 22.6 Å². The van der Waals surface area contributed by atoms with E-state index < -0.39 is 12.0 Å². The molecule has 0 fully saturated rings. The molecule has 20 heavy (non-hydrogen) atoms. The van der Waals surface area contributed by atoms with Gasteiger partial charge in [-0.05, 0) is 47.2 Å². The van der Waals surface area contributed by atoms with E-state index >= 15 is 0 Å². The van der Waals surface area contributed by atoms with Crippen molar-refractivity contribution >= 4 is 40.3 Å². The lowest BCUT2D eigenvalue weighted by Crippen LogP contribution is -2.40. The highest BCUT2D eigenvalue weighted by molar-refractivity contribution is 14.1. The predicted molar refractivity (Wildman–Crippen MR) is 84.2 cm³/mol. The summed E-state index contributed by atoms with van der Waals surface area (Å²) in [6, 6.07) is 4.25. The van der Waals surface area contributed by atoms with Crippen LogP contribution < -0.4 is 10.6 Å². The molecule has 110 valence electrons. The summed E-state index contributed by atoms with van der Waals surface area (Å²) < 4.78 is 5.77. The second-order valence-corrected chi connectivity index (χ2v) is 5.40. The molecule has 0 aliphatic carbocycles. The van der Waals surface area contributed by atoms with Crippen molar-refractivity contribution in [2.45, 2.75) is 19.4 Å². The maximum Gasteiger partial charge on any atom is 0.337 e. The third kappa shape index (κ3) is 4.97. The summed E-state index contributed by atoms with van der Waals surface area (Å²) >= 11 is 2.02. The fraction of sp³-hybridized carbons (Fsp3) is 0.385. The SMILES string of the molecule is CCC(COC)NC(=O)Nc1ccc(I)cc1C(=O)O. The summed E-state index contributed by atoms with van der Waals surface area (Å²) in [6.07, 6.45) is 0.722. The van der Waals surface area contributed by atoms with E-state index in [1.165, 1.54) is 6.07 Å². The van der Waals surface area contributed by atoms with Crippen molar-refractivity contribution in [3.8, 4) is 0 Å². The second-order valence-electron chi connectivity index (χ2n) is 4.15. The van der Waals surface area contributed by atoms with E-state index in [2.05, 4.69) is 10.6 Å². The minimum Gasteiger partial charge on any atom is -0.478 e. The number of halogens is 1. The first kappa shape index (κ1) is 16.7. The Bertz CT molecular complexity index is 493. The molecule has 0 heterocycles. The first-order chi connectivity index (χ1) is 9.47. The van der Waals surface area contributed by atoms with Crippen LogP contribution in [0, 0.1) is 3.57 Å². The van der Waals surface area contributed by atoms with Crippen LogP contribution in [0.25, 0.3) is 0 Å². The Balaban J connectivity index is 2.77. The number of ether oxygens (including phenoxy) is 1. The fourth-order valence-corrected chi connectivity index (χ4v) is 2.10. The van der Waals surface area contributed by atoms with Crippen LogP contribution in [0.15, 0.2) is 18.2 Å². The van der Waals surface area contributed by atoms with E-state index in [1.54, 1.807) is 19.2 Å². The number of aromatic carboxylic acids is 1. The van der Waals surface area contributed by atoms with Gasteiger partial charge in [-0.25, -0.2) is 9.59 Å². The Morgan fingerprint density at radius 3 is 2.70 bits per heavy atom. The summed E-state index contributed by atoms with van der Waals surface area (Å²) in [5.74, 6) is -1.08. The van der Waals surface area contributed by atoms with E-state index in [0.717, 1.165) is 9.99 Å². The molecular weight excluding hydrogens is 375 g/mol. The highest BCUT2D eigenvalue weighted by Gasteiger charge is 2.15. The average Bonchev–Trinajstić information content (AvgIpc) is 2.40. The highest BCUT2D eigenvalue weighted by atomic mass is 127. The molecule has 0 spiro atoms. The second kappa shape index (κ2) is 8.05. The molecular formula is C13H17IN2O4. The molecule has 7 heteroatoms. The van der Waals surface area contributed by atoms with Crippen LogP contribution in [-0.4, -0.2) is 36.9 Å². The summed E-state index contributed by atoms with van der Waals surface area (Å²) in [7, 11) is 1.56. The molecule has 2 amide bonds. The molecule has 0 aliphatic heterocycles. The standard InChI is InChI=1S/C13H17IN2O4/c1-3-9(7-20-2)15-13(19)16-11-5-4-8(14)6-10(11)12(17)18/h4-6,9H,3,7H2,1-2H3,(H,17,18)(H2,15,16,19). The molecule has 0 saturated carbocycles. The molecule has 1 atom stereocenters. The number of urea groups is 1. The van der Waals surface area contributed by atoms with Crippen LogP contribution in [-0.2, 0) is 4.74 Å². The molecule has 0 saturated heterocycles. The van der Waals surface area contributed by atoms with Crippen molar-refractivity contribution in [1.29, 1.82) is 0 Å². The number of rotatable bonds is 6. The van der Waals surface area contributed by atoms with Gasteiger partial charge in [0.2, 0.25) is 0 Å². The molecule has 3 N–H and O–H groups in total. The maximum atomic E-state index is 11.8. The molecule has 1 unspecified atom stereocenters. The van der Waals surface area contributed by atoms with Gasteiger partial charge in [0.15, 0.2) is 0 Å². The Morgan fingerprint density at radius 1 is 1.45 bits per heavy atom. The number of carbonyl (C=O) groups is 2. The number of nitrogens with one attached hydrogen (secondary N) is 2. The molecule has 6 nitrogen and oxygen atoms in total. The number of carboxylic acid groups (broad SMARTS) is 1. The van der Waals surface area contributed by atoms with Gasteiger partial charge >= 0.3 is 12.0 Å². The number of anilines is 1. The van der Waals surface area contributed by atoms with Crippen LogP contribution in [0.2, 0.25) is 0 Å². The van der Waals surface area contributed by atoms with Gasteiger partial charge < -0.3 is 20.5 Å². The van der Waals surface area contributed by atoms with Crippen LogP contribution in [0.1, 0.15) is 23.7 Å². The molecule has 1 rings (SSSR count). The van der Waals surface area contributed by atoms with E-state index in [-0.39, 0.29) is 17.3 Å². The number of methoxy groups -OCH3 is 1. The quantitative estimate of drug-likeness (QED) is 0.650. The zero-order chi connectivity index (χ0) is 15.1. The number of hydrogen-bond acceptors (Lipinski definition) is 3. The van der Waals surface area contributed by atoms with Crippen molar-refractivity contribution in [3.05, 3.63) is 27.3 Å². The van der Waals surface area contributed by atoms with E-state index in [4.69, 9.17) is 9.84 Å². The fourth-order valence-electron chi connectivity index (χ4n) is 1.61. The van der Waals surface area contributed by atoms with Gasteiger partial charge in [0.05, 0.1) is 23.9 Å². The van der Waals surface area contributed by atoms with E-state index in [1.807, 2.05) is 29.5 Å². The lowest BCUT2D eigenvalue weighted by Gasteiger charge is -2.17. The number of carbonyl (C=O) groups excluding carboxylic acids is 1. The van der Waals surface area contributed by atoms with Gasteiger partial charge in [-0.15, -0.1) is 0 Å². The summed E-state index contributed by atoms with van der Waals surface area (Å²) in [5, 5.41) is 14.4. The summed E-state index contributed by atoms with van der Waals surface area (Å²) in [4.78, 5) is 23.0. The zero-order valence-electron chi connectivity index (χ0n) is 11.3. The number of carboxylic acids is 1. The normalized spacial score (nSPS) is 11.8. The van der Waals surface area contributed by atoms with Crippen molar-refractivity contribution in [1.82, 2.24) is 5.32 Å². The number of benzene rings is 1. The van der Waals surface area contributed by atoms with Gasteiger partial charge in [-0.3, -0.25) is 0 Å². The molecule has 1 aromatic rings. The highest BCUT2D eigenvalue weighted by Crippen LogP contribution is 2.18. The van der Waals surface area contributed by atoms with Gasteiger partial charge in [0.1, 0.15) is 0 Å². The van der Waals surface area contributed by atoms with Gasteiger partial charge in [0, 0.05) is 10.7 Å². The zero-order valence-corrected chi connectivity index (χ0v) is 13.4. The third-order valence-electron chi connectivity index (χ3n) is 2.66. The molecule has 0 bridgehead atoms. The Kier molecular flexibility index (Phi) is 6.73. The monoisotopic (exact) mass is 392 g/mol. The Hall–Kier alpha value is -1.35. The summed E-state index contributed by atoms with van der Waals surface area (Å²) in [6.45, 7) is 2.33. The van der Waals surface area contributed by atoms with Crippen LogP contribution in [0.5, 0.6) is 0 Å². The number of hydrogen-bond donors (Lipinski definition) is 3. The predicted octanol–water partition coefficient (Wildman–Crippen LogP) is 2.54. The molecule has 1 aromatic carbocycles. The van der Waals surface area contributed by atoms with Gasteiger partial charge in [-0.2, -0.15) is 0 Å². The first-order valence-electron chi connectivity index (χ1n) is 6.07. The van der Waals surface area contributed by atoms with Crippen LogP contribution in [0.3, 0.4) is 0 Å². The largest absolute Gasteiger partial charge is 0.478 e. The van der Waals surface area contributed by atoms with Crippen molar-refractivity contribution < 1.29 is 19.4 Å². The first-order valence-corrected chi connectivity index (χ1v) is 7.15. The Labute approximate surface area is 131 Å². The smallest absolute Gasteiger partial charge is 0.337 e. The lowest BCUT2D eigenvalue weighted by molar-refractivity contribution is 0.0698. The van der Waals surface area contributed by atoms with Gasteiger partial charge in [-0.1, -0.05) is 6.92 Å². The average molecular weight is 392 g/mol. The van der Waals surface area contributed by atoms with Crippen molar-refractivity contribution in [2.75, 3.05) is 19.0 Å². The van der Waals surface area contributed by atoms with Crippen molar-refractivity contribution in [3.63, 3.8) is 0 Å². The van der Waals surface area contributed by atoms with E-state index in [0.29, 0.717) is 6.61 Å².